The van der Waals surface area contributed by atoms with Gasteiger partial charge in [0, 0.05) is 41.2 Å². The van der Waals surface area contributed by atoms with Crippen LogP contribution in [0.2, 0.25) is 0 Å². The average Bonchev–Trinajstić information content (AvgIpc) is 2.43. The Morgan fingerprint density at radius 2 is 2.37 bits per heavy atom. The SMILES string of the molecule is Oc1ccc(Br)c(CN2CCSC3COCCC32)c1. The predicted molar refractivity (Wildman–Crippen MR) is 81.7 cm³/mol. The molecule has 5 heteroatoms. The highest BCUT2D eigenvalue weighted by molar-refractivity contribution is 9.10. The van der Waals surface area contributed by atoms with E-state index in [0.717, 1.165) is 42.8 Å². The van der Waals surface area contributed by atoms with E-state index in [0.29, 0.717) is 17.0 Å². The Morgan fingerprint density at radius 1 is 1.47 bits per heavy atom. The molecule has 1 N–H and O–H groups in total. The van der Waals surface area contributed by atoms with Gasteiger partial charge in [-0.3, -0.25) is 4.90 Å². The maximum absolute atomic E-state index is 9.64. The second kappa shape index (κ2) is 6.04. The standard InChI is InChI=1S/C14H18BrNO2S/c15-12-2-1-11(17)7-10(12)8-16-4-6-19-14-9-18-5-3-13(14)16/h1-2,7,13-14,17H,3-6,8-9H2. The fraction of sp³-hybridized carbons (Fsp3) is 0.571. The van der Waals surface area contributed by atoms with Crippen LogP contribution in [-0.2, 0) is 11.3 Å². The van der Waals surface area contributed by atoms with Gasteiger partial charge in [0.05, 0.1) is 6.61 Å². The van der Waals surface area contributed by atoms with Crippen LogP contribution in [0.15, 0.2) is 22.7 Å². The third-order valence-electron chi connectivity index (χ3n) is 3.85. The molecule has 3 nitrogen and oxygen atoms in total. The molecule has 0 radical (unpaired) electrons. The zero-order chi connectivity index (χ0) is 13.2. The van der Waals surface area contributed by atoms with E-state index in [-0.39, 0.29) is 0 Å². The fourth-order valence-corrected chi connectivity index (χ4v) is 4.60. The predicted octanol–water partition coefficient (Wildman–Crippen LogP) is 2.86. The van der Waals surface area contributed by atoms with Crippen LogP contribution in [0.4, 0.5) is 0 Å². The number of hydrogen-bond acceptors (Lipinski definition) is 4. The summed E-state index contributed by atoms with van der Waals surface area (Å²) in [6, 6.07) is 6.11. The lowest BCUT2D eigenvalue weighted by Gasteiger charge is -2.43. The lowest BCUT2D eigenvalue weighted by molar-refractivity contribution is 0.0350. The second-order valence-electron chi connectivity index (χ2n) is 5.09. The lowest BCUT2D eigenvalue weighted by atomic mass is 10.0. The van der Waals surface area contributed by atoms with Crippen molar-refractivity contribution in [3.63, 3.8) is 0 Å². The molecule has 3 rings (SSSR count). The van der Waals surface area contributed by atoms with Crippen molar-refractivity contribution in [3.05, 3.63) is 28.2 Å². The summed E-state index contributed by atoms with van der Waals surface area (Å²) in [5, 5.41) is 10.2. The number of hydrogen-bond donors (Lipinski definition) is 1. The Bertz CT molecular complexity index is 455. The summed E-state index contributed by atoms with van der Waals surface area (Å²) in [5.41, 5.74) is 1.16. The lowest BCUT2D eigenvalue weighted by Crippen LogP contribution is -2.51. The van der Waals surface area contributed by atoms with Gasteiger partial charge in [-0.1, -0.05) is 15.9 Å². The molecule has 2 aliphatic rings. The van der Waals surface area contributed by atoms with Crippen LogP contribution in [0, 0.1) is 0 Å². The third-order valence-corrected chi connectivity index (χ3v) is 5.92. The van der Waals surface area contributed by atoms with Crippen molar-refractivity contribution < 1.29 is 9.84 Å². The second-order valence-corrected chi connectivity index (χ2v) is 7.29. The highest BCUT2D eigenvalue weighted by Crippen LogP contribution is 2.32. The van der Waals surface area contributed by atoms with E-state index in [1.165, 1.54) is 5.75 Å². The molecule has 2 saturated heterocycles. The molecule has 1 aromatic rings. The highest BCUT2D eigenvalue weighted by atomic mass is 79.9. The first kappa shape index (κ1) is 13.7. The van der Waals surface area contributed by atoms with Gasteiger partial charge in [-0.25, -0.2) is 0 Å². The Hall–Kier alpha value is -0.230. The maximum Gasteiger partial charge on any atom is 0.115 e. The number of fused-ring (bicyclic) bond motifs is 1. The molecule has 0 aromatic heterocycles. The van der Waals surface area contributed by atoms with E-state index < -0.39 is 0 Å². The molecule has 19 heavy (non-hydrogen) atoms. The molecule has 1 aromatic carbocycles. The van der Waals surface area contributed by atoms with Gasteiger partial charge < -0.3 is 9.84 Å². The highest BCUT2D eigenvalue weighted by Gasteiger charge is 2.34. The first-order chi connectivity index (χ1) is 9.24. The normalized spacial score (nSPS) is 28.1. The van der Waals surface area contributed by atoms with Crippen molar-refractivity contribution in [2.45, 2.75) is 24.3 Å². The van der Waals surface area contributed by atoms with Crippen LogP contribution >= 0.6 is 27.7 Å². The van der Waals surface area contributed by atoms with E-state index in [1.807, 2.05) is 23.9 Å². The fourth-order valence-electron chi connectivity index (χ4n) is 2.86. The average molecular weight is 344 g/mol. The summed E-state index contributed by atoms with van der Waals surface area (Å²) in [5.74, 6) is 1.51. The molecule has 2 atom stereocenters. The summed E-state index contributed by atoms with van der Waals surface area (Å²) < 4.78 is 6.66. The van der Waals surface area contributed by atoms with Crippen molar-refractivity contribution in [2.24, 2.45) is 0 Å². The molecule has 2 unspecified atom stereocenters. The number of rotatable bonds is 2. The molecule has 2 fully saturated rings. The van der Waals surface area contributed by atoms with Crippen molar-refractivity contribution in [3.8, 4) is 5.75 Å². The van der Waals surface area contributed by atoms with E-state index in [4.69, 9.17) is 4.74 Å². The Balaban J connectivity index is 1.75. The van der Waals surface area contributed by atoms with Crippen LogP contribution < -0.4 is 0 Å². The number of aromatic hydroxyl groups is 1. The van der Waals surface area contributed by atoms with Crippen LogP contribution in [0.1, 0.15) is 12.0 Å². The monoisotopic (exact) mass is 343 g/mol. The minimum atomic E-state index is 0.341. The first-order valence-electron chi connectivity index (χ1n) is 6.65. The van der Waals surface area contributed by atoms with Gasteiger partial charge in [0.1, 0.15) is 5.75 Å². The number of phenols is 1. The smallest absolute Gasteiger partial charge is 0.115 e. The summed E-state index contributed by atoms with van der Waals surface area (Å²) in [6.07, 6.45) is 1.12. The number of nitrogens with zero attached hydrogens (tertiary/aromatic N) is 1. The van der Waals surface area contributed by atoms with Gasteiger partial charge in [-0.05, 0) is 30.2 Å². The van der Waals surface area contributed by atoms with Crippen molar-refractivity contribution in [2.75, 3.05) is 25.5 Å². The Morgan fingerprint density at radius 3 is 3.26 bits per heavy atom. The zero-order valence-corrected chi connectivity index (χ0v) is 13.1. The number of benzene rings is 1. The van der Waals surface area contributed by atoms with E-state index >= 15 is 0 Å². The van der Waals surface area contributed by atoms with E-state index in [1.54, 1.807) is 6.07 Å². The summed E-state index contributed by atoms with van der Waals surface area (Å²) in [4.78, 5) is 2.54. The number of phenolic OH excluding ortho intramolecular Hbond substituents is 1. The molecule has 2 heterocycles. The molecular weight excluding hydrogens is 326 g/mol. The molecule has 0 amide bonds. The van der Waals surface area contributed by atoms with Gasteiger partial charge >= 0.3 is 0 Å². The molecule has 0 bridgehead atoms. The van der Waals surface area contributed by atoms with Crippen LogP contribution in [0.25, 0.3) is 0 Å². The molecule has 104 valence electrons. The quantitative estimate of drug-likeness (QED) is 0.894. The topological polar surface area (TPSA) is 32.7 Å². The van der Waals surface area contributed by atoms with Crippen LogP contribution in [0.5, 0.6) is 5.75 Å². The molecule has 0 saturated carbocycles. The van der Waals surface area contributed by atoms with Gasteiger partial charge in [-0.2, -0.15) is 11.8 Å². The number of thioether (sulfide) groups is 1. The zero-order valence-electron chi connectivity index (χ0n) is 10.7. The Kier molecular flexibility index (Phi) is 4.37. The van der Waals surface area contributed by atoms with Gasteiger partial charge in [0.2, 0.25) is 0 Å². The largest absolute Gasteiger partial charge is 0.508 e. The van der Waals surface area contributed by atoms with Gasteiger partial charge in [-0.15, -0.1) is 0 Å². The first-order valence-corrected chi connectivity index (χ1v) is 8.49. The Labute approximate surface area is 126 Å². The summed E-state index contributed by atoms with van der Waals surface area (Å²) in [6.45, 7) is 3.77. The number of ether oxygens (including phenoxy) is 1. The molecule has 0 aliphatic carbocycles. The van der Waals surface area contributed by atoms with E-state index in [2.05, 4.69) is 20.8 Å². The van der Waals surface area contributed by atoms with Gasteiger partial charge in [0.25, 0.3) is 0 Å². The molecule has 2 aliphatic heterocycles. The van der Waals surface area contributed by atoms with Crippen molar-refractivity contribution >= 4 is 27.7 Å². The van der Waals surface area contributed by atoms with Gasteiger partial charge in [0.15, 0.2) is 0 Å². The van der Waals surface area contributed by atoms with Crippen molar-refractivity contribution in [1.82, 2.24) is 4.90 Å². The number of halogens is 1. The van der Waals surface area contributed by atoms with Crippen LogP contribution in [-0.4, -0.2) is 46.8 Å². The van der Waals surface area contributed by atoms with E-state index in [9.17, 15) is 5.11 Å². The maximum atomic E-state index is 9.64. The minimum absolute atomic E-state index is 0.341. The van der Waals surface area contributed by atoms with Crippen LogP contribution in [0.3, 0.4) is 0 Å². The minimum Gasteiger partial charge on any atom is -0.508 e. The molecule has 0 spiro atoms. The summed E-state index contributed by atoms with van der Waals surface area (Å²) >= 11 is 5.62. The summed E-state index contributed by atoms with van der Waals surface area (Å²) in [7, 11) is 0. The third kappa shape index (κ3) is 3.10. The van der Waals surface area contributed by atoms with Crippen molar-refractivity contribution in [1.29, 1.82) is 0 Å². The molecular formula is C14H18BrNO2S.